The molecule has 106 valence electrons. The fourth-order valence-corrected chi connectivity index (χ4v) is 2.65. The fourth-order valence-electron chi connectivity index (χ4n) is 2.26. The minimum Gasteiger partial charge on any atom is -0.306 e. The Balaban J connectivity index is 2.38. The Bertz CT molecular complexity index is 583. The van der Waals surface area contributed by atoms with E-state index in [0.717, 1.165) is 18.5 Å². The molecule has 2 aromatic rings. The van der Waals surface area contributed by atoms with Gasteiger partial charge in [0, 0.05) is 0 Å². The second-order valence-corrected chi connectivity index (χ2v) is 5.83. The Kier molecular flexibility index (Phi) is 5.32. The van der Waals surface area contributed by atoms with Crippen LogP contribution in [0.15, 0.2) is 46.9 Å². The zero-order valence-corrected chi connectivity index (χ0v) is 13.4. The highest BCUT2D eigenvalue weighted by Gasteiger charge is 2.14. The number of hydrogen-bond acceptors (Lipinski definition) is 1. The maximum Gasteiger partial charge on any atom is 0.137 e. The summed E-state index contributed by atoms with van der Waals surface area (Å²) in [5.74, 6) is -0.229. The third-order valence-corrected chi connectivity index (χ3v) is 3.86. The summed E-state index contributed by atoms with van der Waals surface area (Å²) in [5, 5.41) is 3.53. The minimum atomic E-state index is -0.229. The maximum atomic E-state index is 13.4. The van der Waals surface area contributed by atoms with Crippen LogP contribution in [0.3, 0.4) is 0 Å². The Morgan fingerprint density at radius 1 is 1.15 bits per heavy atom. The van der Waals surface area contributed by atoms with Crippen molar-refractivity contribution in [1.82, 2.24) is 5.32 Å². The first-order valence-electron chi connectivity index (χ1n) is 6.86. The van der Waals surface area contributed by atoms with Gasteiger partial charge < -0.3 is 5.32 Å². The molecule has 0 aliphatic carbocycles. The van der Waals surface area contributed by atoms with Crippen molar-refractivity contribution in [3.63, 3.8) is 0 Å². The van der Waals surface area contributed by atoms with Gasteiger partial charge in [-0.3, -0.25) is 0 Å². The number of nitrogens with one attached hydrogen (secondary N) is 1. The van der Waals surface area contributed by atoms with E-state index >= 15 is 0 Å². The number of hydrogen-bond donors (Lipinski definition) is 1. The molecule has 0 fully saturated rings. The van der Waals surface area contributed by atoms with Crippen molar-refractivity contribution in [1.29, 1.82) is 0 Å². The van der Waals surface area contributed by atoms with E-state index in [2.05, 4.69) is 59.4 Å². The number of aryl methyl sites for hydroxylation is 1. The molecule has 1 atom stereocenters. The standard InChI is InChI=1S/C17H19BrFN/c1-3-9-20-17(13-6-4-5-12(2)10-13)14-7-8-16(19)15(18)11-14/h4-8,10-11,17,20H,3,9H2,1-2H3. The van der Waals surface area contributed by atoms with Gasteiger partial charge in [0.25, 0.3) is 0 Å². The van der Waals surface area contributed by atoms with Crippen molar-refractivity contribution >= 4 is 15.9 Å². The molecule has 20 heavy (non-hydrogen) atoms. The van der Waals surface area contributed by atoms with Gasteiger partial charge in [-0.05, 0) is 59.1 Å². The van der Waals surface area contributed by atoms with Gasteiger partial charge in [0.05, 0.1) is 10.5 Å². The SMILES string of the molecule is CCCNC(c1cccc(C)c1)c1ccc(F)c(Br)c1. The molecule has 0 heterocycles. The first-order chi connectivity index (χ1) is 9.61. The van der Waals surface area contributed by atoms with Crippen LogP contribution >= 0.6 is 15.9 Å². The van der Waals surface area contributed by atoms with Crippen LogP contribution in [0, 0.1) is 12.7 Å². The van der Waals surface area contributed by atoms with Crippen LogP contribution in [0.2, 0.25) is 0 Å². The summed E-state index contributed by atoms with van der Waals surface area (Å²) >= 11 is 3.27. The zero-order chi connectivity index (χ0) is 14.5. The molecule has 3 heteroatoms. The molecular formula is C17H19BrFN. The summed E-state index contributed by atoms with van der Waals surface area (Å²) in [7, 11) is 0. The van der Waals surface area contributed by atoms with E-state index in [1.165, 1.54) is 17.2 Å². The highest BCUT2D eigenvalue weighted by Crippen LogP contribution is 2.26. The number of benzene rings is 2. The van der Waals surface area contributed by atoms with Gasteiger partial charge in [-0.1, -0.05) is 42.8 Å². The molecule has 0 bridgehead atoms. The summed E-state index contributed by atoms with van der Waals surface area (Å²) in [5.41, 5.74) is 3.50. The minimum absolute atomic E-state index is 0.0896. The molecule has 2 aromatic carbocycles. The molecule has 0 aliphatic heterocycles. The van der Waals surface area contributed by atoms with Crippen LogP contribution < -0.4 is 5.32 Å². The topological polar surface area (TPSA) is 12.0 Å². The smallest absolute Gasteiger partial charge is 0.137 e. The van der Waals surface area contributed by atoms with Crippen molar-refractivity contribution in [2.24, 2.45) is 0 Å². The monoisotopic (exact) mass is 335 g/mol. The van der Waals surface area contributed by atoms with E-state index in [4.69, 9.17) is 0 Å². The lowest BCUT2D eigenvalue weighted by atomic mass is 9.97. The van der Waals surface area contributed by atoms with E-state index in [1.54, 1.807) is 0 Å². The zero-order valence-electron chi connectivity index (χ0n) is 11.8. The molecule has 2 rings (SSSR count). The lowest BCUT2D eigenvalue weighted by Gasteiger charge is -2.20. The lowest BCUT2D eigenvalue weighted by molar-refractivity contribution is 0.591. The molecule has 0 aromatic heterocycles. The third kappa shape index (κ3) is 3.68. The summed E-state index contributed by atoms with van der Waals surface area (Å²) in [6.07, 6.45) is 1.06. The van der Waals surface area contributed by atoms with Gasteiger partial charge in [0.15, 0.2) is 0 Å². The molecule has 1 N–H and O–H groups in total. The van der Waals surface area contributed by atoms with Gasteiger partial charge in [0.2, 0.25) is 0 Å². The van der Waals surface area contributed by atoms with Gasteiger partial charge in [-0.15, -0.1) is 0 Å². The lowest BCUT2D eigenvalue weighted by Crippen LogP contribution is -2.23. The number of halogens is 2. The van der Waals surface area contributed by atoms with E-state index in [-0.39, 0.29) is 11.9 Å². The predicted octanol–water partition coefficient (Wildman–Crippen LogP) is 4.99. The Morgan fingerprint density at radius 2 is 1.90 bits per heavy atom. The first-order valence-corrected chi connectivity index (χ1v) is 7.66. The highest BCUT2D eigenvalue weighted by atomic mass is 79.9. The van der Waals surface area contributed by atoms with Crippen molar-refractivity contribution in [2.75, 3.05) is 6.54 Å². The predicted molar refractivity (Wildman–Crippen MR) is 85.4 cm³/mol. The van der Waals surface area contributed by atoms with Crippen molar-refractivity contribution < 1.29 is 4.39 Å². The molecule has 1 nitrogen and oxygen atoms in total. The summed E-state index contributed by atoms with van der Waals surface area (Å²) in [6.45, 7) is 5.15. The van der Waals surface area contributed by atoms with Gasteiger partial charge in [-0.2, -0.15) is 0 Å². The molecule has 0 radical (unpaired) electrons. The molecule has 1 unspecified atom stereocenters. The second-order valence-electron chi connectivity index (χ2n) is 4.97. The summed E-state index contributed by atoms with van der Waals surface area (Å²) in [6, 6.07) is 13.7. The van der Waals surface area contributed by atoms with Crippen LogP contribution in [0.1, 0.15) is 36.1 Å². The normalized spacial score (nSPS) is 12.4. The Labute approximate surface area is 128 Å². The fraction of sp³-hybridized carbons (Fsp3) is 0.294. The first kappa shape index (κ1) is 15.2. The van der Waals surface area contributed by atoms with Crippen molar-refractivity contribution in [3.05, 3.63) is 69.4 Å². The van der Waals surface area contributed by atoms with Crippen LogP contribution in [-0.4, -0.2) is 6.54 Å². The highest BCUT2D eigenvalue weighted by molar-refractivity contribution is 9.10. The van der Waals surface area contributed by atoms with Gasteiger partial charge in [-0.25, -0.2) is 4.39 Å². The third-order valence-electron chi connectivity index (χ3n) is 3.25. The quantitative estimate of drug-likeness (QED) is 0.811. The van der Waals surface area contributed by atoms with E-state index in [1.807, 2.05) is 12.1 Å². The summed E-state index contributed by atoms with van der Waals surface area (Å²) in [4.78, 5) is 0. The van der Waals surface area contributed by atoms with Crippen LogP contribution in [0.25, 0.3) is 0 Å². The van der Waals surface area contributed by atoms with E-state index in [9.17, 15) is 4.39 Å². The largest absolute Gasteiger partial charge is 0.306 e. The van der Waals surface area contributed by atoms with E-state index < -0.39 is 0 Å². The van der Waals surface area contributed by atoms with Crippen molar-refractivity contribution in [3.8, 4) is 0 Å². The molecule has 0 saturated carbocycles. The summed E-state index contributed by atoms with van der Waals surface area (Å²) < 4.78 is 13.9. The maximum absolute atomic E-state index is 13.4. The van der Waals surface area contributed by atoms with Gasteiger partial charge >= 0.3 is 0 Å². The van der Waals surface area contributed by atoms with Crippen LogP contribution in [0.4, 0.5) is 4.39 Å². The Morgan fingerprint density at radius 3 is 2.55 bits per heavy atom. The Hall–Kier alpha value is -1.19. The number of rotatable bonds is 5. The van der Waals surface area contributed by atoms with Crippen LogP contribution in [-0.2, 0) is 0 Å². The van der Waals surface area contributed by atoms with Gasteiger partial charge in [0.1, 0.15) is 5.82 Å². The van der Waals surface area contributed by atoms with E-state index in [0.29, 0.717) is 4.47 Å². The van der Waals surface area contributed by atoms with Crippen molar-refractivity contribution in [2.45, 2.75) is 26.3 Å². The second kappa shape index (κ2) is 7.00. The molecule has 0 amide bonds. The average Bonchev–Trinajstić information content (AvgIpc) is 2.43. The molecular weight excluding hydrogens is 317 g/mol. The molecule has 0 saturated heterocycles. The average molecular weight is 336 g/mol. The van der Waals surface area contributed by atoms with Crippen LogP contribution in [0.5, 0.6) is 0 Å². The molecule has 0 spiro atoms. The molecule has 0 aliphatic rings.